The van der Waals surface area contributed by atoms with Crippen LogP contribution in [0, 0.1) is 17.1 Å². The van der Waals surface area contributed by atoms with Crippen molar-refractivity contribution in [2.24, 2.45) is 5.73 Å². The third-order valence-electron chi connectivity index (χ3n) is 5.80. The van der Waals surface area contributed by atoms with Gasteiger partial charge in [0.05, 0.1) is 18.2 Å². The zero-order chi connectivity index (χ0) is 24.0. The van der Waals surface area contributed by atoms with E-state index in [1.807, 2.05) is 6.07 Å². The predicted molar refractivity (Wildman–Crippen MR) is 130 cm³/mol. The molecule has 1 atom stereocenters. The minimum atomic E-state index is -4.18. The summed E-state index contributed by atoms with van der Waals surface area (Å²) < 4.78 is 49.6. The Labute approximate surface area is 204 Å². The monoisotopic (exact) mass is 537 g/mol. The van der Waals surface area contributed by atoms with Crippen molar-refractivity contribution < 1.29 is 17.5 Å². The Hall–Kier alpha value is -3.61. The van der Waals surface area contributed by atoms with E-state index in [0.29, 0.717) is 22.4 Å². The number of fused-ring (bicyclic) bond motifs is 2. The molecule has 0 aliphatic carbocycles. The number of anilines is 1. The molecule has 170 valence electrons. The average Bonchev–Trinajstić information content (AvgIpc) is 2.82. The van der Waals surface area contributed by atoms with Gasteiger partial charge in [-0.3, -0.25) is 4.31 Å². The lowest BCUT2D eigenvalue weighted by Crippen LogP contribution is -2.39. The first-order valence-corrected chi connectivity index (χ1v) is 12.5. The Morgan fingerprint density at radius 3 is 2.41 bits per heavy atom. The Kier molecular flexibility index (Phi) is 5.42. The first-order chi connectivity index (χ1) is 16.3. The number of nitrogens with zero attached hydrogens (tertiary/aromatic N) is 2. The summed E-state index contributed by atoms with van der Waals surface area (Å²) in [6.45, 7) is -0.0233. The van der Waals surface area contributed by atoms with Gasteiger partial charge < -0.3 is 10.5 Å². The predicted octanol–water partition coefficient (Wildman–Crippen LogP) is 5.11. The fourth-order valence-electron chi connectivity index (χ4n) is 4.22. The summed E-state index contributed by atoms with van der Waals surface area (Å²) in [5, 5.41) is 9.89. The number of hydrogen-bond acceptors (Lipinski definition) is 5. The number of nitrogens with two attached hydrogens (primary N) is 1. The number of nitriles is 1. The topological polar surface area (TPSA) is 96.4 Å². The van der Waals surface area contributed by atoms with Crippen molar-refractivity contribution in [3.8, 4) is 6.07 Å². The fourth-order valence-corrected chi connectivity index (χ4v) is 6.40. The first-order valence-electron chi connectivity index (χ1n) is 10.2. The molecule has 0 saturated carbocycles. The van der Waals surface area contributed by atoms with Crippen molar-refractivity contribution in [2.45, 2.75) is 12.5 Å². The van der Waals surface area contributed by atoms with Gasteiger partial charge in [0.2, 0.25) is 5.88 Å². The molecule has 0 aromatic heterocycles. The highest BCUT2D eigenvalue weighted by molar-refractivity contribution is 9.10. The Bertz CT molecular complexity index is 1510. The molecule has 0 unspecified atom stereocenters. The second-order valence-electron chi connectivity index (χ2n) is 7.83. The summed E-state index contributed by atoms with van der Waals surface area (Å²) in [5.74, 6) is -1.39. The van der Waals surface area contributed by atoms with Crippen LogP contribution < -0.4 is 10.0 Å². The van der Waals surface area contributed by atoms with E-state index in [9.17, 15) is 18.1 Å². The number of sulfonamides is 1. The number of halogens is 2. The van der Waals surface area contributed by atoms with Crippen LogP contribution in [-0.2, 0) is 21.3 Å². The minimum absolute atomic E-state index is 0.0192. The maximum atomic E-state index is 14.1. The molecule has 2 N–H and O–H groups in total. The highest BCUT2D eigenvalue weighted by atomic mass is 79.9. The first kappa shape index (κ1) is 22.2. The van der Waals surface area contributed by atoms with E-state index in [1.54, 1.807) is 60.7 Å². The zero-order valence-electron chi connectivity index (χ0n) is 17.6. The van der Waals surface area contributed by atoms with Crippen molar-refractivity contribution >= 4 is 37.4 Å². The molecule has 0 fully saturated rings. The molecule has 6 nitrogen and oxygen atoms in total. The van der Waals surface area contributed by atoms with Crippen molar-refractivity contribution in [3.63, 3.8) is 0 Å². The fraction of sp³-hybridized carbons (Fsp3) is 0.0800. The lowest BCUT2D eigenvalue weighted by atomic mass is 9.88. The van der Waals surface area contributed by atoms with Crippen LogP contribution in [-0.4, -0.2) is 8.42 Å². The Balaban J connectivity index is 1.75. The van der Waals surface area contributed by atoms with E-state index in [2.05, 4.69) is 15.9 Å². The molecule has 2 aliphatic rings. The molecule has 3 aromatic carbocycles. The van der Waals surface area contributed by atoms with E-state index in [4.69, 9.17) is 10.5 Å². The van der Waals surface area contributed by atoms with E-state index >= 15 is 0 Å². The van der Waals surface area contributed by atoms with Crippen molar-refractivity contribution in [1.82, 2.24) is 0 Å². The van der Waals surface area contributed by atoms with Crippen molar-refractivity contribution in [1.29, 1.82) is 5.26 Å². The third-order valence-corrected chi connectivity index (χ3v) is 8.21. The molecule has 0 bridgehead atoms. The molecule has 2 heterocycles. The summed E-state index contributed by atoms with van der Waals surface area (Å²) >= 11 is 3.39. The van der Waals surface area contributed by atoms with Crippen LogP contribution in [0.4, 0.5) is 10.1 Å². The molecule has 2 aliphatic heterocycles. The van der Waals surface area contributed by atoms with Gasteiger partial charge >= 0.3 is 0 Å². The van der Waals surface area contributed by atoms with Crippen molar-refractivity contribution in [3.05, 3.63) is 116 Å². The average molecular weight is 538 g/mol. The van der Waals surface area contributed by atoms with Gasteiger partial charge in [-0.15, -0.1) is 0 Å². The lowest BCUT2D eigenvalue weighted by molar-refractivity contribution is 0.357. The number of hydrogen-bond donors (Lipinski definition) is 1. The summed E-state index contributed by atoms with van der Waals surface area (Å²) in [6, 6.07) is 21.7. The quantitative estimate of drug-likeness (QED) is 0.500. The van der Waals surface area contributed by atoms with Gasteiger partial charge in [-0.1, -0.05) is 52.3 Å². The number of benzene rings is 3. The molecule has 0 spiro atoms. The molecule has 5 rings (SSSR count). The summed E-state index contributed by atoms with van der Waals surface area (Å²) in [5.41, 5.74) is 8.28. The molecule has 0 saturated heterocycles. The smallest absolute Gasteiger partial charge is 0.265 e. The van der Waals surface area contributed by atoms with Gasteiger partial charge in [-0.25, -0.2) is 12.8 Å². The van der Waals surface area contributed by atoms with Crippen LogP contribution in [0.3, 0.4) is 0 Å². The van der Waals surface area contributed by atoms with E-state index in [1.165, 1.54) is 16.4 Å². The molecular weight excluding hydrogens is 521 g/mol. The lowest BCUT2D eigenvalue weighted by Gasteiger charge is -2.38. The van der Waals surface area contributed by atoms with E-state index in [0.717, 1.165) is 4.47 Å². The van der Waals surface area contributed by atoms with Gasteiger partial charge in [0.1, 0.15) is 22.4 Å². The van der Waals surface area contributed by atoms with Gasteiger partial charge in [-0.2, -0.15) is 5.26 Å². The maximum Gasteiger partial charge on any atom is 0.265 e. The van der Waals surface area contributed by atoms with Crippen molar-refractivity contribution in [2.75, 3.05) is 4.31 Å². The Morgan fingerprint density at radius 1 is 1.06 bits per heavy atom. The number of rotatable bonds is 3. The molecule has 3 aromatic rings. The zero-order valence-corrected chi connectivity index (χ0v) is 20.0. The normalized spacial score (nSPS) is 18.6. The van der Waals surface area contributed by atoms with E-state index in [-0.39, 0.29) is 28.7 Å². The van der Waals surface area contributed by atoms with Crippen LogP contribution in [0.25, 0.3) is 5.76 Å². The minimum Gasteiger partial charge on any atom is -0.439 e. The van der Waals surface area contributed by atoms with Gasteiger partial charge in [0.15, 0.2) is 5.76 Å². The number of para-hydroxylation sites is 1. The maximum absolute atomic E-state index is 14.1. The summed E-state index contributed by atoms with van der Waals surface area (Å²) in [4.78, 5) is -0.0543. The van der Waals surface area contributed by atoms with Gasteiger partial charge in [-0.05, 0) is 47.5 Å². The van der Waals surface area contributed by atoms with Crippen LogP contribution in [0.15, 0.2) is 93.6 Å². The van der Waals surface area contributed by atoms with Gasteiger partial charge in [0, 0.05) is 10.0 Å². The van der Waals surface area contributed by atoms with Crippen LogP contribution in [0.5, 0.6) is 0 Å². The molecular formula is C25H17BrFN3O3S. The second-order valence-corrected chi connectivity index (χ2v) is 10.6. The number of ether oxygens (including phenoxy) is 1. The number of allylic oxidation sites excluding steroid dienone is 2. The summed E-state index contributed by atoms with van der Waals surface area (Å²) in [7, 11) is -4.18. The molecule has 9 heteroatoms. The standard InChI is InChI=1S/C25H17BrFN3O3S/c26-17-9-7-16(8-10-17)22-20(13-28)25(29)33-23-19-3-1-2-4-21(19)30(34(31,32)24(22)23)14-15-5-11-18(27)12-6-15/h1-12,22H,14,29H2/t22-/m0/s1. The van der Waals surface area contributed by atoms with Crippen LogP contribution in [0.2, 0.25) is 0 Å². The molecule has 0 amide bonds. The van der Waals surface area contributed by atoms with Crippen LogP contribution >= 0.6 is 15.9 Å². The van der Waals surface area contributed by atoms with Gasteiger partial charge in [0.25, 0.3) is 10.0 Å². The highest BCUT2D eigenvalue weighted by Crippen LogP contribution is 2.51. The highest BCUT2D eigenvalue weighted by Gasteiger charge is 2.47. The largest absolute Gasteiger partial charge is 0.439 e. The third kappa shape index (κ3) is 3.56. The summed E-state index contributed by atoms with van der Waals surface area (Å²) in [6.07, 6.45) is 0. The molecule has 0 radical (unpaired) electrons. The SMILES string of the molecule is N#CC1=C(N)OC2=C([C@H]1c1ccc(Br)cc1)S(=O)(=O)N(Cc1ccc(F)cc1)c1ccccc12. The molecule has 34 heavy (non-hydrogen) atoms. The Morgan fingerprint density at radius 2 is 1.74 bits per heavy atom. The second kappa shape index (κ2) is 8.31. The van der Waals surface area contributed by atoms with Crippen LogP contribution in [0.1, 0.15) is 22.6 Å². The van der Waals surface area contributed by atoms with E-state index < -0.39 is 21.8 Å².